The molecule has 1 saturated carbocycles. The van der Waals surface area contributed by atoms with Crippen molar-refractivity contribution in [1.29, 1.82) is 0 Å². The molecule has 0 spiro atoms. The molecule has 0 aliphatic heterocycles. The second-order valence-electron chi connectivity index (χ2n) is 6.30. The number of aliphatic hydroxyl groups is 1. The molecule has 1 aliphatic carbocycles. The number of carbonyl (C=O) groups is 3. The summed E-state index contributed by atoms with van der Waals surface area (Å²) >= 11 is 0. The van der Waals surface area contributed by atoms with Gasteiger partial charge >= 0.3 is 11.9 Å². The Bertz CT molecular complexity index is 680. The van der Waals surface area contributed by atoms with Gasteiger partial charge < -0.3 is 19.3 Å². The molecule has 25 heavy (non-hydrogen) atoms. The van der Waals surface area contributed by atoms with Crippen LogP contribution in [0.1, 0.15) is 24.8 Å². The zero-order chi connectivity index (χ0) is 18.8. The van der Waals surface area contributed by atoms with Crippen LogP contribution in [0.25, 0.3) is 0 Å². The summed E-state index contributed by atoms with van der Waals surface area (Å²) in [6.45, 7) is 1.40. The Morgan fingerprint density at radius 3 is 2.36 bits per heavy atom. The zero-order valence-electron chi connectivity index (χ0n) is 14.6. The molecular weight excluding hydrogens is 328 g/mol. The smallest absolute Gasteiger partial charge is 0.316 e. The van der Waals surface area contributed by atoms with Crippen LogP contribution in [-0.2, 0) is 23.9 Å². The standard InChI is InChI=1S/C18H22O7/c1-18(22)9-12(19)14(16(20)24-3)13(15(18)17(21)25-4)10-6-5-7-11(8-10)23-2/h5-8,13-15,22H,9H2,1-4H3/t13-,14+,15+,18+/m0/s1. The highest BCUT2D eigenvalue weighted by Crippen LogP contribution is 2.47. The molecule has 1 aliphatic rings. The SMILES string of the molecule is COC(=O)[C@@H]1C(=O)C[C@@](C)(O)[C@@H](C(=O)OC)[C@H]1c1cccc(OC)c1. The number of ether oxygens (including phenoxy) is 3. The van der Waals surface area contributed by atoms with E-state index in [-0.39, 0.29) is 6.42 Å². The molecule has 0 unspecified atom stereocenters. The van der Waals surface area contributed by atoms with E-state index in [1.54, 1.807) is 24.3 Å². The van der Waals surface area contributed by atoms with Gasteiger partial charge in [-0.2, -0.15) is 0 Å². The Morgan fingerprint density at radius 1 is 1.16 bits per heavy atom. The van der Waals surface area contributed by atoms with Crippen LogP contribution in [-0.4, -0.2) is 49.8 Å². The second-order valence-corrected chi connectivity index (χ2v) is 6.30. The summed E-state index contributed by atoms with van der Waals surface area (Å²) in [5.74, 6) is -4.66. The first-order chi connectivity index (χ1) is 11.8. The van der Waals surface area contributed by atoms with Gasteiger partial charge in [-0.1, -0.05) is 12.1 Å². The fraction of sp³-hybridized carbons (Fsp3) is 0.500. The van der Waals surface area contributed by atoms with Gasteiger partial charge in [0.05, 0.1) is 32.8 Å². The maximum Gasteiger partial charge on any atom is 0.316 e. The highest BCUT2D eigenvalue weighted by Gasteiger charge is 2.56. The van der Waals surface area contributed by atoms with E-state index in [4.69, 9.17) is 14.2 Å². The molecule has 1 N–H and O–H groups in total. The largest absolute Gasteiger partial charge is 0.497 e. The van der Waals surface area contributed by atoms with Gasteiger partial charge in [-0.15, -0.1) is 0 Å². The summed E-state index contributed by atoms with van der Waals surface area (Å²) in [4.78, 5) is 37.2. The molecule has 1 aromatic carbocycles. The number of hydrogen-bond acceptors (Lipinski definition) is 7. The summed E-state index contributed by atoms with van der Waals surface area (Å²) in [7, 11) is 3.86. The molecule has 0 aromatic heterocycles. The lowest BCUT2D eigenvalue weighted by atomic mass is 9.61. The van der Waals surface area contributed by atoms with E-state index in [0.29, 0.717) is 11.3 Å². The summed E-state index contributed by atoms with van der Waals surface area (Å²) in [5, 5.41) is 10.7. The number of rotatable bonds is 4. The van der Waals surface area contributed by atoms with E-state index in [1.807, 2.05) is 0 Å². The van der Waals surface area contributed by atoms with Crippen molar-refractivity contribution in [3.8, 4) is 5.75 Å². The third-order valence-corrected chi connectivity index (χ3v) is 4.66. The highest BCUT2D eigenvalue weighted by atomic mass is 16.5. The van der Waals surface area contributed by atoms with Crippen molar-refractivity contribution in [3.05, 3.63) is 29.8 Å². The Kier molecular flexibility index (Phi) is 5.47. The maximum atomic E-state index is 12.6. The highest BCUT2D eigenvalue weighted by molar-refractivity contribution is 6.02. The van der Waals surface area contributed by atoms with Gasteiger partial charge in [0, 0.05) is 12.3 Å². The van der Waals surface area contributed by atoms with Crippen molar-refractivity contribution in [1.82, 2.24) is 0 Å². The fourth-order valence-electron chi connectivity index (χ4n) is 3.52. The normalized spacial score (nSPS) is 29.0. The topological polar surface area (TPSA) is 99.1 Å². The van der Waals surface area contributed by atoms with Gasteiger partial charge in [0.2, 0.25) is 0 Å². The predicted molar refractivity (Wildman–Crippen MR) is 87.0 cm³/mol. The monoisotopic (exact) mass is 350 g/mol. The average molecular weight is 350 g/mol. The summed E-state index contributed by atoms with van der Waals surface area (Å²) in [5.41, 5.74) is -1.14. The molecule has 0 bridgehead atoms. The van der Waals surface area contributed by atoms with Crippen molar-refractivity contribution in [3.63, 3.8) is 0 Å². The van der Waals surface area contributed by atoms with E-state index in [1.165, 1.54) is 28.3 Å². The van der Waals surface area contributed by atoms with Gasteiger partial charge in [-0.3, -0.25) is 14.4 Å². The molecule has 4 atom stereocenters. The summed E-state index contributed by atoms with van der Waals surface area (Å²) in [6, 6.07) is 6.69. The van der Waals surface area contributed by atoms with Crippen LogP contribution in [0.3, 0.4) is 0 Å². The Morgan fingerprint density at radius 2 is 1.80 bits per heavy atom. The molecule has 1 aromatic rings. The van der Waals surface area contributed by atoms with E-state index in [0.717, 1.165) is 0 Å². The van der Waals surface area contributed by atoms with Gasteiger partial charge in [-0.25, -0.2) is 0 Å². The van der Waals surface area contributed by atoms with Crippen LogP contribution in [0.2, 0.25) is 0 Å². The second kappa shape index (κ2) is 7.23. The molecule has 0 amide bonds. The lowest BCUT2D eigenvalue weighted by molar-refractivity contribution is -0.170. The maximum absolute atomic E-state index is 12.6. The first kappa shape index (κ1) is 18.9. The molecule has 0 radical (unpaired) electrons. The quantitative estimate of drug-likeness (QED) is 0.641. The fourth-order valence-corrected chi connectivity index (χ4v) is 3.52. The molecule has 7 nitrogen and oxygen atoms in total. The van der Waals surface area contributed by atoms with Crippen molar-refractivity contribution in [2.75, 3.05) is 21.3 Å². The number of Topliss-reactive ketones (excluding diaryl/α,β-unsaturated/α-hetero) is 1. The van der Waals surface area contributed by atoms with Crippen molar-refractivity contribution < 1.29 is 33.7 Å². The Balaban J connectivity index is 2.66. The molecule has 0 heterocycles. The zero-order valence-corrected chi connectivity index (χ0v) is 14.6. The van der Waals surface area contributed by atoms with Crippen molar-refractivity contribution in [2.45, 2.75) is 24.9 Å². The lowest BCUT2D eigenvalue weighted by Gasteiger charge is -2.43. The average Bonchev–Trinajstić information content (AvgIpc) is 2.59. The van der Waals surface area contributed by atoms with Crippen molar-refractivity contribution in [2.24, 2.45) is 11.8 Å². The predicted octanol–water partition coefficient (Wildman–Crippen LogP) is 1.08. The molecule has 2 rings (SSSR count). The number of hydrogen-bond donors (Lipinski definition) is 1. The van der Waals surface area contributed by atoms with Gasteiger partial charge in [0.15, 0.2) is 5.78 Å². The van der Waals surface area contributed by atoms with Crippen LogP contribution < -0.4 is 4.74 Å². The molecular formula is C18H22O7. The van der Waals surface area contributed by atoms with Crippen molar-refractivity contribution >= 4 is 17.7 Å². The molecule has 1 fully saturated rings. The van der Waals surface area contributed by atoms with E-state index in [2.05, 4.69) is 0 Å². The first-order valence-corrected chi connectivity index (χ1v) is 7.81. The minimum Gasteiger partial charge on any atom is -0.497 e. The third kappa shape index (κ3) is 3.51. The minimum absolute atomic E-state index is 0.340. The van der Waals surface area contributed by atoms with Crippen LogP contribution in [0.15, 0.2) is 24.3 Å². The number of esters is 2. The number of carbonyl (C=O) groups excluding carboxylic acids is 3. The Hall–Kier alpha value is -2.41. The van der Waals surface area contributed by atoms with Crippen LogP contribution in [0, 0.1) is 11.8 Å². The van der Waals surface area contributed by atoms with E-state index >= 15 is 0 Å². The van der Waals surface area contributed by atoms with Crippen LogP contribution in [0.4, 0.5) is 0 Å². The third-order valence-electron chi connectivity index (χ3n) is 4.66. The number of methoxy groups -OCH3 is 3. The van der Waals surface area contributed by atoms with Gasteiger partial charge in [0.1, 0.15) is 11.7 Å². The first-order valence-electron chi connectivity index (χ1n) is 7.81. The lowest BCUT2D eigenvalue weighted by Crippen LogP contribution is -2.55. The Labute approximate surface area is 145 Å². The van der Waals surface area contributed by atoms with Crippen LogP contribution >= 0.6 is 0 Å². The number of benzene rings is 1. The molecule has 7 heteroatoms. The molecule has 136 valence electrons. The van der Waals surface area contributed by atoms with Crippen LogP contribution in [0.5, 0.6) is 5.75 Å². The summed E-state index contributed by atoms with van der Waals surface area (Å²) in [6.07, 6.45) is -0.340. The molecule has 0 saturated heterocycles. The number of ketones is 1. The van der Waals surface area contributed by atoms with Gasteiger partial charge in [-0.05, 0) is 24.6 Å². The summed E-state index contributed by atoms with van der Waals surface area (Å²) < 4.78 is 14.8. The van der Waals surface area contributed by atoms with E-state index in [9.17, 15) is 19.5 Å². The van der Waals surface area contributed by atoms with Gasteiger partial charge in [0.25, 0.3) is 0 Å². The minimum atomic E-state index is -1.65. The van der Waals surface area contributed by atoms with E-state index < -0.39 is 41.1 Å².